The van der Waals surface area contributed by atoms with Gasteiger partial charge in [-0.15, -0.1) is 0 Å². The molecular formula is C17H17ClN2O3. The van der Waals surface area contributed by atoms with E-state index in [1.165, 1.54) is 7.11 Å². The zero-order valence-corrected chi connectivity index (χ0v) is 13.4. The molecule has 6 heteroatoms. The fourth-order valence-electron chi connectivity index (χ4n) is 1.95. The SMILES string of the molecule is COc1ccccc1C(=O)NCC(=O)NCc1ccc(Cl)cc1. The third-order valence-corrected chi connectivity index (χ3v) is 3.42. The number of carbonyl (C=O) groups is 2. The van der Waals surface area contributed by atoms with Crippen LogP contribution >= 0.6 is 11.6 Å². The number of carbonyl (C=O) groups excluding carboxylic acids is 2. The van der Waals surface area contributed by atoms with Gasteiger partial charge in [0.15, 0.2) is 0 Å². The quantitative estimate of drug-likeness (QED) is 0.853. The van der Waals surface area contributed by atoms with Gasteiger partial charge in [-0.3, -0.25) is 9.59 Å². The number of amides is 2. The van der Waals surface area contributed by atoms with Crippen LogP contribution in [-0.4, -0.2) is 25.5 Å². The van der Waals surface area contributed by atoms with Gasteiger partial charge in [-0.25, -0.2) is 0 Å². The van der Waals surface area contributed by atoms with E-state index >= 15 is 0 Å². The molecule has 0 saturated carbocycles. The molecule has 2 N–H and O–H groups in total. The zero-order valence-electron chi connectivity index (χ0n) is 12.6. The molecule has 2 rings (SSSR count). The molecular weight excluding hydrogens is 316 g/mol. The Bertz CT molecular complexity index is 686. The molecule has 0 aliphatic carbocycles. The number of ether oxygens (including phenoxy) is 1. The summed E-state index contributed by atoms with van der Waals surface area (Å²) in [5, 5.41) is 5.94. The number of halogens is 1. The van der Waals surface area contributed by atoms with Crippen molar-refractivity contribution < 1.29 is 14.3 Å². The summed E-state index contributed by atoms with van der Waals surface area (Å²) in [6.07, 6.45) is 0. The minimum Gasteiger partial charge on any atom is -0.496 e. The van der Waals surface area contributed by atoms with Gasteiger partial charge in [0, 0.05) is 11.6 Å². The number of hydrogen-bond acceptors (Lipinski definition) is 3. The van der Waals surface area contributed by atoms with E-state index in [0.717, 1.165) is 5.56 Å². The van der Waals surface area contributed by atoms with Crippen molar-refractivity contribution in [1.29, 1.82) is 0 Å². The molecule has 0 aromatic heterocycles. The van der Waals surface area contributed by atoms with Crippen molar-refractivity contribution in [1.82, 2.24) is 10.6 Å². The van der Waals surface area contributed by atoms with Crippen LogP contribution in [0.2, 0.25) is 5.02 Å². The van der Waals surface area contributed by atoms with Crippen LogP contribution in [0, 0.1) is 0 Å². The molecule has 0 bridgehead atoms. The Morgan fingerprint density at radius 3 is 2.43 bits per heavy atom. The maximum Gasteiger partial charge on any atom is 0.255 e. The van der Waals surface area contributed by atoms with Crippen LogP contribution in [-0.2, 0) is 11.3 Å². The van der Waals surface area contributed by atoms with E-state index in [0.29, 0.717) is 22.9 Å². The van der Waals surface area contributed by atoms with Gasteiger partial charge >= 0.3 is 0 Å². The fraction of sp³-hybridized carbons (Fsp3) is 0.176. The van der Waals surface area contributed by atoms with Crippen molar-refractivity contribution in [3.8, 4) is 5.75 Å². The van der Waals surface area contributed by atoms with Gasteiger partial charge < -0.3 is 15.4 Å². The fourth-order valence-corrected chi connectivity index (χ4v) is 2.08. The molecule has 2 aromatic carbocycles. The number of para-hydroxylation sites is 1. The van der Waals surface area contributed by atoms with Crippen LogP contribution in [0.4, 0.5) is 0 Å². The van der Waals surface area contributed by atoms with Crippen LogP contribution < -0.4 is 15.4 Å². The van der Waals surface area contributed by atoms with E-state index in [9.17, 15) is 9.59 Å². The van der Waals surface area contributed by atoms with Gasteiger partial charge in [-0.1, -0.05) is 35.9 Å². The van der Waals surface area contributed by atoms with Crippen LogP contribution in [0.5, 0.6) is 5.75 Å². The van der Waals surface area contributed by atoms with E-state index in [1.54, 1.807) is 36.4 Å². The smallest absolute Gasteiger partial charge is 0.255 e. The lowest BCUT2D eigenvalue weighted by Crippen LogP contribution is -2.36. The summed E-state index contributed by atoms with van der Waals surface area (Å²) < 4.78 is 5.12. The second kappa shape index (κ2) is 8.19. The molecule has 120 valence electrons. The van der Waals surface area contributed by atoms with E-state index in [2.05, 4.69) is 10.6 Å². The first-order chi connectivity index (χ1) is 11.1. The molecule has 2 aromatic rings. The summed E-state index contributed by atoms with van der Waals surface area (Å²) in [7, 11) is 1.49. The van der Waals surface area contributed by atoms with E-state index < -0.39 is 0 Å². The van der Waals surface area contributed by atoms with Crippen molar-refractivity contribution in [2.75, 3.05) is 13.7 Å². The summed E-state index contributed by atoms with van der Waals surface area (Å²) in [5.41, 5.74) is 1.32. The Kier molecular flexibility index (Phi) is 6.00. The largest absolute Gasteiger partial charge is 0.496 e. The minimum atomic E-state index is -0.357. The Morgan fingerprint density at radius 2 is 1.74 bits per heavy atom. The van der Waals surface area contributed by atoms with Crippen LogP contribution in [0.1, 0.15) is 15.9 Å². The number of benzene rings is 2. The van der Waals surface area contributed by atoms with Crippen molar-refractivity contribution in [2.45, 2.75) is 6.54 Å². The standard InChI is InChI=1S/C17H17ClN2O3/c1-23-15-5-3-2-4-14(15)17(22)20-11-16(21)19-10-12-6-8-13(18)9-7-12/h2-9H,10-11H2,1H3,(H,19,21)(H,20,22). The van der Waals surface area contributed by atoms with Crippen molar-refractivity contribution in [2.24, 2.45) is 0 Å². The topological polar surface area (TPSA) is 67.4 Å². The molecule has 0 fully saturated rings. The molecule has 0 heterocycles. The van der Waals surface area contributed by atoms with Crippen LogP contribution in [0.15, 0.2) is 48.5 Å². The molecule has 23 heavy (non-hydrogen) atoms. The van der Waals surface area contributed by atoms with Gasteiger partial charge in [0.2, 0.25) is 5.91 Å². The molecule has 0 radical (unpaired) electrons. The van der Waals surface area contributed by atoms with Crippen molar-refractivity contribution in [3.63, 3.8) is 0 Å². The lowest BCUT2D eigenvalue weighted by Gasteiger charge is -2.09. The van der Waals surface area contributed by atoms with Gasteiger partial charge in [0.05, 0.1) is 19.2 Å². The number of methoxy groups -OCH3 is 1. The highest BCUT2D eigenvalue weighted by Crippen LogP contribution is 2.16. The zero-order chi connectivity index (χ0) is 16.7. The average Bonchev–Trinajstić information content (AvgIpc) is 2.59. The summed E-state index contributed by atoms with van der Waals surface area (Å²) in [6.45, 7) is 0.269. The Morgan fingerprint density at radius 1 is 1.04 bits per heavy atom. The molecule has 0 unspecified atom stereocenters. The molecule has 5 nitrogen and oxygen atoms in total. The highest BCUT2D eigenvalue weighted by atomic mass is 35.5. The van der Waals surface area contributed by atoms with E-state index in [4.69, 9.17) is 16.3 Å². The monoisotopic (exact) mass is 332 g/mol. The second-order valence-corrected chi connectivity index (χ2v) is 5.22. The lowest BCUT2D eigenvalue weighted by molar-refractivity contribution is -0.120. The van der Waals surface area contributed by atoms with Gasteiger partial charge in [-0.2, -0.15) is 0 Å². The maximum absolute atomic E-state index is 12.1. The highest BCUT2D eigenvalue weighted by molar-refractivity contribution is 6.30. The van der Waals surface area contributed by atoms with E-state index in [1.807, 2.05) is 12.1 Å². The summed E-state index contributed by atoms with van der Waals surface area (Å²) in [5.74, 6) is -0.168. The summed E-state index contributed by atoms with van der Waals surface area (Å²) in [4.78, 5) is 23.8. The molecule has 0 aliphatic rings. The molecule has 0 atom stereocenters. The molecule has 0 saturated heterocycles. The molecule has 0 spiro atoms. The van der Waals surface area contributed by atoms with Crippen molar-refractivity contribution in [3.05, 3.63) is 64.7 Å². The Hall–Kier alpha value is -2.53. The number of nitrogens with one attached hydrogen (secondary N) is 2. The number of hydrogen-bond donors (Lipinski definition) is 2. The Balaban J connectivity index is 1.82. The minimum absolute atomic E-state index is 0.107. The van der Waals surface area contributed by atoms with Crippen LogP contribution in [0.25, 0.3) is 0 Å². The summed E-state index contributed by atoms with van der Waals surface area (Å²) in [6, 6.07) is 14.0. The van der Waals surface area contributed by atoms with Gasteiger partial charge in [0.25, 0.3) is 5.91 Å². The van der Waals surface area contributed by atoms with Gasteiger partial charge in [-0.05, 0) is 29.8 Å². The predicted octanol–water partition coefficient (Wildman–Crippen LogP) is 2.39. The first-order valence-electron chi connectivity index (χ1n) is 7.02. The number of rotatable bonds is 6. The van der Waals surface area contributed by atoms with Gasteiger partial charge in [0.1, 0.15) is 5.75 Å². The first kappa shape index (κ1) is 16.8. The maximum atomic E-state index is 12.1. The average molecular weight is 333 g/mol. The lowest BCUT2D eigenvalue weighted by atomic mass is 10.2. The second-order valence-electron chi connectivity index (χ2n) is 4.79. The third kappa shape index (κ3) is 5.00. The molecule has 2 amide bonds. The normalized spacial score (nSPS) is 10.0. The Labute approximate surface area is 139 Å². The predicted molar refractivity (Wildman–Crippen MR) is 88.6 cm³/mol. The summed E-state index contributed by atoms with van der Waals surface area (Å²) >= 11 is 5.80. The third-order valence-electron chi connectivity index (χ3n) is 3.16. The highest BCUT2D eigenvalue weighted by Gasteiger charge is 2.12. The van der Waals surface area contributed by atoms with Crippen molar-refractivity contribution >= 4 is 23.4 Å². The molecule has 0 aliphatic heterocycles. The van der Waals surface area contributed by atoms with E-state index in [-0.39, 0.29) is 18.4 Å². The van der Waals surface area contributed by atoms with Crippen LogP contribution in [0.3, 0.4) is 0 Å². The first-order valence-corrected chi connectivity index (χ1v) is 7.40.